The van der Waals surface area contributed by atoms with Crippen LogP contribution in [-0.2, 0) is 0 Å². The van der Waals surface area contributed by atoms with Crippen molar-refractivity contribution < 1.29 is 0 Å². The second kappa shape index (κ2) is 43.6. The summed E-state index contributed by atoms with van der Waals surface area (Å²) in [5.41, 5.74) is 11.2. The summed E-state index contributed by atoms with van der Waals surface area (Å²) in [7, 11) is 0. The molecule has 496 valence electrons. The molecule has 0 radical (unpaired) electrons. The van der Waals surface area contributed by atoms with Gasteiger partial charge in [-0.1, -0.05) is 63.2 Å². The first-order valence-electron chi connectivity index (χ1n) is 29.2. The van der Waals surface area contributed by atoms with Crippen molar-refractivity contribution >= 4 is 56.9 Å². The topological polar surface area (TPSA) is 424 Å². The summed E-state index contributed by atoms with van der Waals surface area (Å²) in [5, 5.41) is 139. The van der Waals surface area contributed by atoms with Crippen molar-refractivity contribution in [3.63, 3.8) is 0 Å². The first-order chi connectivity index (χ1) is 51.8. The van der Waals surface area contributed by atoms with E-state index in [1.165, 1.54) is 36.4 Å². The normalized spacial score (nSPS) is 8.13. The average Bonchev–Trinajstić information content (AvgIpc) is 0.814. The maximum absolute atomic E-state index is 8.85. The van der Waals surface area contributed by atoms with Crippen molar-refractivity contribution in [1.82, 2.24) is 0 Å². The van der Waals surface area contributed by atoms with Crippen molar-refractivity contribution in [2.24, 2.45) is 0 Å². The molecule has 0 amide bonds. The van der Waals surface area contributed by atoms with Gasteiger partial charge >= 0.3 is 0 Å². The molecule has 108 heavy (non-hydrogen) atoms. The van der Waals surface area contributed by atoms with E-state index in [0.717, 1.165) is 16.7 Å². The van der Waals surface area contributed by atoms with E-state index < -0.39 is 0 Å². The maximum Gasteiger partial charge on any atom is 0.208 e. The standard InChI is InChI=1S/3C11H4N4.4C10H5N3.C9H6N2/c1-7-10(14-2)4-8(5-12)9(6-13)11(7)15-3;1-7-10(14-2)8(5-12)4-9(6-13)11(7)15-3;1-7-3-8(4-12)9(5-13)10(6-14)11(7)15-2;1-7-3-8(5-11)9(6-12)4-10(7)13-2;1-7-3-8(5-11)4-9(6-12)10(7)13-2;1-7-9(12-2)5-4-8(6-11)10(7)13-3;1-7-3-4-8(5-11)9(6-12)10(7)13-2;1-7-2-3-8(5-10)9(4-7)6-11/h2*4H,1H3;3H,1H3;2*3-4H,1H3;4-5H,1H3;3-4H,1H3;2-4H,1H3. The Morgan fingerprint density at radius 3 is 0.981 bits per heavy atom. The molecule has 0 bridgehead atoms. The van der Waals surface area contributed by atoms with Gasteiger partial charge < -0.3 is 0 Å². The van der Waals surface area contributed by atoms with Crippen LogP contribution < -0.4 is 0 Å². The van der Waals surface area contributed by atoms with E-state index >= 15 is 0 Å². The Hall–Kier alpha value is -19.5. The summed E-state index contributed by atoms with van der Waals surface area (Å²) in [6.07, 6.45) is 0. The highest BCUT2D eigenvalue weighted by Crippen LogP contribution is 2.37. The minimum atomic E-state index is -0.0170. The zero-order valence-electron chi connectivity index (χ0n) is 57.7. The first-order valence-corrected chi connectivity index (χ1v) is 29.2. The summed E-state index contributed by atoms with van der Waals surface area (Å²) in [6.45, 7) is 82.4. The van der Waals surface area contributed by atoms with Gasteiger partial charge in [0, 0.05) is 5.56 Å². The highest BCUT2D eigenvalue weighted by Gasteiger charge is 2.19. The van der Waals surface area contributed by atoms with Gasteiger partial charge in [-0.05, 0) is 122 Å². The van der Waals surface area contributed by atoms with Gasteiger partial charge in [0.05, 0.1) is 216 Å². The fraction of sp³-hybridized carbons (Fsp3) is 0.0976. The zero-order chi connectivity index (χ0) is 81.9. The highest BCUT2D eigenvalue weighted by molar-refractivity contribution is 5.80. The minimum Gasteiger partial charge on any atom is -0.239 e. The number of hydrogen-bond acceptors (Lipinski definition) is 16. The fourth-order valence-electron chi connectivity index (χ4n) is 8.75. The Balaban J connectivity index is 0.000000618. The Bertz CT molecular complexity index is 6140. The third-order valence-corrected chi connectivity index (χ3v) is 14.2. The summed E-state index contributed by atoms with van der Waals surface area (Å²) in [4.78, 5) is 32.2. The third kappa shape index (κ3) is 21.5. The Morgan fingerprint density at radius 1 is 0.204 bits per heavy atom. The lowest BCUT2D eigenvalue weighted by molar-refractivity contribution is 1.36. The van der Waals surface area contributed by atoms with Gasteiger partial charge in [0.1, 0.15) is 30.3 Å². The molecule has 26 heteroatoms. The maximum atomic E-state index is 8.85. The van der Waals surface area contributed by atoms with E-state index in [1.807, 2.05) is 98.0 Å². The second-order valence-electron chi connectivity index (χ2n) is 20.5. The van der Waals surface area contributed by atoms with Crippen LogP contribution in [0.3, 0.4) is 0 Å². The molecule has 0 saturated heterocycles. The predicted molar refractivity (Wildman–Crippen MR) is 387 cm³/mol. The van der Waals surface area contributed by atoms with Crippen molar-refractivity contribution in [2.75, 3.05) is 0 Å². The van der Waals surface area contributed by atoms with Gasteiger partial charge in [0.15, 0.2) is 39.8 Å². The molecule has 0 aromatic heterocycles. The lowest BCUT2D eigenvalue weighted by Crippen LogP contribution is -1.92. The van der Waals surface area contributed by atoms with Crippen molar-refractivity contribution in [1.29, 1.82) is 84.2 Å². The van der Waals surface area contributed by atoms with Crippen LogP contribution >= 0.6 is 0 Å². The smallest absolute Gasteiger partial charge is 0.208 e. The molecule has 0 N–H and O–H groups in total. The predicted octanol–water partition coefficient (Wildman–Crippen LogP) is 19.4. The van der Waals surface area contributed by atoms with Crippen LogP contribution in [0.5, 0.6) is 0 Å². The Morgan fingerprint density at radius 2 is 0.556 bits per heavy atom. The molecule has 0 spiro atoms. The molecule has 0 fully saturated rings. The molecule has 0 unspecified atom stereocenters. The van der Waals surface area contributed by atoms with Gasteiger partial charge in [-0.2, -0.15) is 84.2 Å². The van der Waals surface area contributed by atoms with Crippen LogP contribution in [0, 0.1) is 302 Å². The summed E-state index contributed by atoms with van der Waals surface area (Å²) < 4.78 is 0. The Kier molecular flexibility index (Phi) is 34.9. The van der Waals surface area contributed by atoms with Gasteiger partial charge in [0.2, 0.25) is 17.1 Å². The first kappa shape index (κ1) is 86.5. The molecular formula is C82H38N26. The third-order valence-electron chi connectivity index (χ3n) is 14.2. The van der Waals surface area contributed by atoms with E-state index in [1.54, 1.807) is 103 Å². The van der Waals surface area contributed by atoms with Crippen molar-refractivity contribution in [3.05, 3.63) is 333 Å². The number of nitriles is 16. The van der Waals surface area contributed by atoms with Gasteiger partial charge in [-0.25, -0.2) is 48.5 Å². The molecule has 0 aliphatic rings. The summed E-state index contributed by atoms with van der Waals surface area (Å²) in [5.74, 6) is 0. The molecule has 8 aromatic carbocycles. The SMILES string of the molecule is Cc1ccc(C#N)c(C#N)c1.[C-]#[N+]c1c(C#N)cc(C#N)c([N+]#[C-])c1C.[C-]#[N+]c1c(C)cc(C#N)c(C#N)c1C#N.[C-]#[N+]c1c(C)cc(C#N)cc1C#N.[C-]#[N+]c1c(C)ccc(C#N)c1C#N.[C-]#[N+]c1cc(C#N)c(C#N)c([N+]#[C-])c1C.[C-]#[N+]c1cc(C#N)c(C#N)cc1C.[C-]#[N+]c1ccc(C#N)c([N+]#[C-])c1C. The molecule has 0 aliphatic carbocycles. The lowest BCUT2D eigenvalue weighted by atomic mass is 9.98. The Labute approximate surface area is 623 Å². The zero-order valence-corrected chi connectivity index (χ0v) is 57.7. The van der Waals surface area contributed by atoms with E-state index in [0.29, 0.717) is 72.7 Å². The van der Waals surface area contributed by atoms with Crippen LogP contribution in [0.1, 0.15) is 134 Å². The number of rotatable bonds is 0. The van der Waals surface area contributed by atoms with Gasteiger partial charge in [-0.3, -0.25) is 0 Å². The highest BCUT2D eigenvalue weighted by atomic mass is 14.7. The molecule has 0 saturated carbocycles. The molecule has 0 aliphatic heterocycles. The quantitative estimate of drug-likeness (QED) is 0.127. The number of benzene rings is 8. The van der Waals surface area contributed by atoms with Crippen molar-refractivity contribution in [2.45, 2.75) is 55.4 Å². The van der Waals surface area contributed by atoms with Crippen LogP contribution in [0.25, 0.3) is 48.5 Å². The summed E-state index contributed by atoms with van der Waals surface area (Å²) >= 11 is 0. The van der Waals surface area contributed by atoms with Crippen LogP contribution in [-0.4, -0.2) is 0 Å². The van der Waals surface area contributed by atoms with E-state index in [9.17, 15) is 0 Å². The second-order valence-corrected chi connectivity index (χ2v) is 20.5. The molecule has 8 aromatic rings. The van der Waals surface area contributed by atoms with Gasteiger partial charge in [0.25, 0.3) is 0 Å². The van der Waals surface area contributed by atoms with Crippen LogP contribution in [0.15, 0.2) is 84.9 Å². The summed E-state index contributed by atoms with van der Waals surface area (Å²) in [6, 6.07) is 51.6. The number of nitrogens with zero attached hydrogens (tertiary/aromatic N) is 26. The monoisotopic (exact) mass is 1390 g/mol. The van der Waals surface area contributed by atoms with Gasteiger partial charge in [-0.15, -0.1) is 0 Å². The molecular weight excluding hydrogens is 1350 g/mol. The van der Waals surface area contributed by atoms with E-state index in [2.05, 4.69) is 48.5 Å². The largest absolute Gasteiger partial charge is 0.239 e. The number of aryl methyl sites for hydroxylation is 5. The van der Waals surface area contributed by atoms with E-state index in [-0.39, 0.29) is 101 Å². The molecule has 0 heterocycles. The average molecular weight is 1390 g/mol. The van der Waals surface area contributed by atoms with Crippen molar-refractivity contribution in [3.8, 4) is 97.1 Å². The molecule has 0 atom stereocenters. The fourth-order valence-corrected chi connectivity index (χ4v) is 8.75. The van der Waals surface area contributed by atoms with E-state index in [4.69, 9.17) is 150 Å². The molecule has 26 nitrogen and oxygen atoms in total. The minimum absolute atomic E-state index is 0.0101. The lowest BCUT2D eigenvalue weighted by Gasteiger charge is -2.04. The molecule has 8 rings (SSSR count). The number of hydrogen-bond donors (Lipinski definition) is 0. The van der Waals surface area contributed by atoms with Crippen LogP contribution in [0.2, 0.25) is 0 Å². The van der Waals surface area contributed by atoms with Crippen LogP contribution in [0.4, 0.5) is 56.9 Å².